The van der Waals surface area contributed by atoms with Gasteiger partial charge in [-0.2, -0.15) is 0 Å². The second-order valence-electron chi connectivity index (χ2n) is 6.86. The van der Waals surface area contributed by atoms with Gasteiger partial charge < -0.3 is 10.2 Å². The molecule has 0 aromatic carbocycles. The number of carbonyl (C=O) groups is 2. The summed E-state index contributed by atoms with van der Waals surface area (Å²) in [6.07, 6.45) is 5.33. The van der Waals surface area contributed by atoms with Crippen LogP contribution in [0, 0.1) is 11.8 Å². The number of hydrogen-bond donors (Lipinski definition) is 1. The van der Waals surface area contributed by atoms with Crippen LogP contribution in [-0.2, 0) is 9.59 Å². The van der Waals surface area contributed by atoms with Gasteiger partial charge in [0.1, 0.15) is 11.6 Å². The quantitative estimate of drug-likeness (QED) is 0.759. The van der Waals surface area contributed by atoms with E-state index in [2.05, 4.69) is 12.2 Å². The van der Waals surface area contributed by atoms with Crippen molar-refractivity contribution in [3.05, 3.63) is 0 Å². The molecule has 1 aliphatic carbocycles. The fraction of sp³-hybridized carbons (Fsp3) is 0.875. The second kappa shape index (κ2) is 5.74. The number of unbranched alkanes of at least 4 members (excludes halogenated alkanes) is 2. The summed E-state index contributed by atoms with van der Waals surface area (Å²) in [6.45, 7) is 8.81. The maximum Gasteiger partial charge on any atom is 0.249 e. The highest BCUT2D eigenvalue weighted by atomic mass is 16.2. The molecule has 2 atom stereocenters. The summed E-state index contributed by atoms with van der Waals surface area (Å²) in [5.41, 5.74) is -0.658. The van der Waals surface area contributed by atoms with Crippen LogP contribution in [0.4, 0.5) is 0 Å². The van der Waals surface area contributed by atoms with Gasteiger partial charge in [-0.15, -0.1) is 0 Å². The third-order valence-electron chi connectivity index (χ3n) is 4.72. The van der Waals surface area contributed by atoms with Gasteiger partial charge in [0.2, 0.25) is 11.8 Å². The average molecular weight is 280 g/mol. The Balaban J connectivity index is 2.19. The van der Waals surface area contributed by atoms with Gasteiger partial charge in [0.25, 0.3) is 0 Å². The van der Waals surface area contributed by atoms with E-state index >= 15 is 0 Å². The Morgan fingerprint density at radius 2 is 1.95 bits per heavy atom. The Labute approximate surface area is 122 Å². The zero-order chi connectivity index (χ0) is 14.9. The van der Waals surface area contributed by atoms with E-state index in [9.17, 15) is 9.59 Å². The topological polar surface area (TPSA) is 49.4 Å². The molecule has 114 valence electrons. The van der Waals surface area contributed by atoms with Gasteiger partial charge in [-0.1, -0.05) is 33.6 Å². The maximum absolute atomic E-state index is 12.9. The smallest absolute Gasteiger partial charge is 0.249 e. The second-order valence-corrected chi connectivity index (χ2v) is 6.86. The van der Waals surface area contributed by atoms with E-state index in [1.165, 1.54) is 0 Å². The summed E-state index contributed by atoms with van der Waals surface area (Å²) in [4.78, 5) is 27.2. The van der Waals surface area contributed by atoms with Crippen molar-refractivity contribution in [2.45, 2.75) is 71.4 Å². The van der Waals surface area contributed by atoms with Crippen molar-refractivity contribution in [2.24, 2.45) is 11.8 Å². The average Bonchev–Trinajstić information content (AvgIpc) is 3.19. The van der Waals surface area contributed by atoms with Crippen LogP contribution in [0.5, 0.6) is 0 Å². The number of rotatable bonds is 6. The van der Waals surface area contributed by atoms with E-state index < -0.39 is 5.54 Å². The number of carbonyl (C=O) groups excluding carboxylic acids is 2. The van der Waals surface area contributed by atoms with Crippen molar-refractivity contribution >= 4 is 11.8 Å². The van der Waals surface area contributed by atoms with Crippen molar-refractivity contribution in [3.8, 4) is 0 Å². The van der Waals surface area contributed by atoms with Gasteiger partial charge in [-0.25, -0.2) is 0 Å². The van der Waals surface area contributed by atoms with Crippen LogP contribution in [0.15, 0.2) is 0 Å². The van der Waals surface area contributed by atoms with Crippen molar-refractivity contribution in [2.75, 3.05) is 6.54 Å². The maximum atomic E-state index is 12.9. The number of nitrogens with zero attached hydrogens (tertiary/aromatic N) is 1. The molecule has 1 saturated carbocycles. The first-order chi connectivity index (χ1) is 9.41. The molecule has 4 heteroatoms. The number of hydrogen-bond acceptors (Lipinski definition) is 2. The van der Waals surface area contributed by atoms with Gasteiger partial charge in [0.15, 0.2) is 0 Å². The monoisotopic (exact) mass is 280 g/mol. The molecule has 2 fully saturated rings. The summed E-state index contributed by atoms with van der Waals surface area (Å²) in [5.74, 6) is 0.657. The molecular weight excluding hydrogens is 252 g/mol. The molecule has 0 radical (unpaired) electrons. The van der Waals surface area contributed by atoms with Crippen LogP contribution < -0.4 is 5.32 Å². The number of nitrogens with one attached hydrogen (secondary N) is 1. The molecule has 4 nitrogen and oxygen atoms in total. The molecule has 1 heterocycles. The van der Waals surface area contributed by atoms with Crippen LogP contribution in [0.1, 0.15) is 59.8 Å². The molecule has 0 bridgehead atoms. The van der Waals surface area contributed by atoms with Crippen molar-refractivity contribution in [3.63, 3.8) is 0 Å². The lowest BCUT2D eigenvalue weighted by Crippen LogP contribution is -2.71. The van der Waals surface area contributed by atoms with Gasteiger partial charge in [-0.3, -0.25) is 9.59 Å². The van der Waals surface area contributed by atoms with E-state index in [1.54, 1.807) is 0 Å². The lowest BCUT2D eigenvalue weighted by atomic mass is 9.86. The zero-order valence-electron chi connectivity index (χ0n) is 13.2. The molecule has 0 spiro atoms. The number of amides is 2. The zero-order valence-corrected chi connectivity index (χ0v) is 13.2. The minimum Gasteiger partial charge on any atom is -0.340 e. The molecule has 1 saturated heterocycles. The first kappa shape index (κ1) is 15.3. The summed E-state index contributed by atoms with van der Waals surface area (Å²) in [7, 11) is 0. The van der Waals surface area contributed by atoms with Gasteiger partial charge in [0, 0.05) is 6.54 Å². The van der Waals surface area contributed by atoms with Gasteiger partial charge >= 0.3 is 0 Å². The molecule has 2 aliphatic rings. The SMILES string of the molecule is CCCCCN1C(=O)C(C)(C2CC2)NC(=O)C1C(C)C. The van der Waals surface area contributed by atoms with Crippen molar-refractivity contribution in [1.29, 1.82) is 0 Å². The fourth-order valence-corrected chi connectivity index (χ4v) is 3.32. The van der Waals surface area contributed by atoms with E-state index in [4.69, 9.17) is 0 Å². The predicted octanol–water partition coefficient (Wildman–Crippen LogP) is 2.33. The Hall–Kier alpha value is -1.06. The molecule has 2 unspecified atom stereocenters. The van der Waals surface area contributed by atoms with E-state index in [1.807, 2.05) is 25.7 Å². The lowest BCUT2D eigenvalue weighted by Gasteiger charge is -2.46. The van der Waals surface area contributed by atoms with Gasteiger partial charge in [-0.05, 0) is 38.0 Å². The third-order valence-corrected chi connectivity index (χ3v) is 4.72. The van der Waals surface area contributed by atoms with E-state index in [0.29, 0.717) is 12.5 Å². The van der Waals surface area contributed by atoms with Gasteiger partial charge in [0.05, 0.1) is 0 Å². The molecule has 20 heavy (non-hydrogen) atoms. The highest BCUT2D eigenvalue weighted by Crippen LogP contribution is 2.42. The van der Waals surface area contributed by atoms with E-state index in [-0.39, 0.29) is 23.8 Å². The molecule has 1 aliphatic heterocycles. The highest BCUT2D eigenvalue weighted by Gasteiger charge is 2.55. The normalized spacial score (nSPS) is 30.9. The minimum atomic E-state index is -0.658. The fourth-order valence-electron chi connectivity index (χ4n) is 3.32. The summed E-state index contributed by atoms with van der Waals surface area (Å²) in [6, 6.07) is -0.300. The summed E-state index contributed by atoms with van der Waals surface area (Å²) in [5, 5.41) is 3.03. The van der Waals surface area contributed by atoms with Crippen LogP contribution in [-0.4, -0.2) is 34.8 Å². The predicted molar refractivity (Wildman–Crippen MR) is 79.1 cm³/mol. The minimum absolute atomic E-state index is 0.0329. The van der Waals surface area contributed by atoms with Crippen LogP contribution in [0.2, 0.25) is 0 Å². The molecular formula is C16H28N2O2. The van der Waals surface area contributed by atoms with Crippen LogP contribution in [0.3, 0.4) is 0 Å². The standard InChI is InChI=1S/C16H28N2O2/c1-5-6-7-10-18-13(11(2)3)14(19)17-16(4,15(18)20)12-8-9-12/h11-13H,5-10H2,1-4H3,(H,17,19). The van der Waals surface area contributed by atoms with Crippen LogP contribution in [0.25, 0.3) is 0 Å². The van der Waals surface area contributed by atoms with Crippen molar-refractivity contribution in [1.82, 2.24) is 10.2 Å². The molecule has 1 N–H and O–H groups in total. The lowest BCUT2D eigenvalue weighted by molar-refractivity contribution is -0.157. The number of piperazine rings is 1. The molecule has 0 aromatic rings. The first-order valence-corrected chi connectivity index (χ1v) is 8.05. The summed E-state index contributed by atoms with van der Waals surface area (Å²) >= 11 is 0. The summed E-state index contributed by atoms with van der Waals surface area (Å²) < 4.78 is 0. The molecule has 0 aromatic heterocycles. The Morgan fingerprint density at radius 3 is 2.45 bits per heavy atom. The third kappa shape index (κ3) is 2.70. The Kier molecular flexibility index (Phi) is 4.40. The highest BCUT2D eigenvalue weighted by molar-refractivity contribution is 6.00. The van der Waals surface area contributed by atoms with Crippen molar-refractivity contribution < 1.29 is 9.59 Å². The molecule has 2 amide bonds. The van der Waals surface area contributed by atoms with E-state index in [0.717, 1.165) is 32.1 Å². The van der Waals surface area contributed by atoms with Crippen LogP contribution >= 0.6 is 0 Å². The Bertz CT molecular complexity index is 390. The molecule has 2 rings (SSSR count). The Morgan fingerprint density at radius 1 is 1.30 bits per heavy atom. The largest absolute Gasteiger partial charge is 0.340 e. The first-order valence-electron chi connectivity index (χ1n) is 8.05.